The fourth-order valence-electron chi connectivity index (χ4n) is 1.93. The van der Waals surface area contributed by atoms with E-state index in [-0.39, 0.29) is 5.69 Å². The molecule has 3 nitrogen and oxygen atoms in total. The highest BCUT2D eigenvalue weighted by molar-refractivity contribution is 5.77. The monoisotopic (exact) mass is 276 g/mol. The summed E-state index contributed by atoms with van der Waals surface area (Å²) in [5, 5.41) is 0.306. The molecule has 0 radical (unpaired) electrons. The van der Waals surface area contributed by atoms with Crippen LogP contribution in [0.3, 0.4) is 0 Å². The maximum Gasteiger partial charge on any atom is 0.265 e. The molecule has 3 rings (SSSR count). The Bertz CT molecular complexity index is 851. The molecule has 6 heteroatoms. The Morgan fingerprint density at radius 1 is 1.00 bits per heavy atom. The minimum Gasteiger partial charge on any atom is -0.268 e. The van der Waals surface area contributed by atoms with E-state index in [1.54, 1.807) is 24.3 Å². The first-order valence-corrected chi connectivity index (χ1v) is 5.69. The van der Waals surface area contributed by atoms with Gasteiger partial charge in [-0.1, -0.05) is 12.1 Å². The van der Waals surface area contributed by atoms with Crippen molar-refractivity contribution >= 4 is 10.9 Å². The number of rotatable bonds is 1. The van der Waals surface area contributed by atoms with Gasteiger partial charge in [-0.2, -0.15) is 0 Å². The Morgan fingerprint density at radius 3 is 2.35 bits per heavy atom. The minimum absolute atomic E-state index is 0.121. The van der Waals surface area contributed by atoms with E-state index in [9.17, 15) is 18.0 Å². The van der Waals surface area contributed by atoms with Crippen molar-refractivity contribution in [1.29, 1.82) is 0 Å². The van der Waals surface area contributed by atoms with Gasteiger partial charge >= 0.3 is 0 Å². The molecule has 1 heterocycles. The molecule has 20 heavy (non-hydrogen) atoms. The average molecular weight is 276 g/mol. The van der Waals surface area contributed by atoms with E-state index in [0.717, 1.165) is 23.0 Å². The summed E-state index contributed by atoms with van der Waals surface area (Å²) in [6.07, 6.45) is 1.15. The highest BCUT2D eigenvalue weighted by atomic mass is 19.2. The molecule has 2 aromatic carbocycles. The lowest BCUT2D eigenvalue weighted by Gasteiger charge is -2.07. The molecule has 100 valence electrons. The van der Waals surface area contributed by atoms with E-state index in [0.29, 0.717) is 10.9 Å². The summed E-state index contributed by atoms with van der Waals surface area (Å²) in [5.41, 5.74) is -0.137. The number of benzene rings is 2. The third kappa shape index (κ3) is 1.85. The quantitative estimate of drug-likeness (QED) is 0.641. The van der Waals surface area contributed by atoms with Gasteiger partial charge in [0.15, 0.2) is 17.5 Å². The van der Waals surface area contributed by atoms with Gasteiger partial charge in [-0.05, 0) is 12.1 Å². The third-order valence-electron chi connectivity index (χ3n) is 2.91. The predicted molar refractivity (Wildman–Crippen MR) is 67.2 cm³/mol. The van der Waals surface area contributed by atoms with Gasteiger partial charge in [0.2, 0.25) is 0 Å². The molecule has 0 aliphatic rings. The summed E-state index contributed by atoms with van der Waals surface area (Å²) in [6.45, 7) is 0. The fourth-order valence-corrected chi connectivity index (χ4v) is 1.93. The zero-order valence-electron chi connectivity index (χ0n) is 9.98. The lowest BCUT2D eigenvalue weighted by atomic mass is 10.2. The first kappa shape index (κ1) is 12.4. The van der Waals surface area contributed by atoms with Crippen molar-refractivity contribution in [3.63, 3.8) is 0 Å². The minimum atomic E-state index is -1.57. The number of nitrogens with zero attached hydrogens (tertiary/aromatic N) is 2. The second-order valence-corrected chi connectivity index (χ2v) is 4.16. The summed E-state index contributed by atoms with van der Waals surface area (Å²) in [5.74, 6) is -4.30. The van der Waals surface area contributed by atoms with Crippen molar-refractivity contribution < 1.29 is 13.2 Å². The number of para-hydroxylation sites is 1. The first-order chi connectivity index (χ1) is 9.58. The maximum atomic E-state index is 13.2. The first-order valence-electron chi connectivity index (χ1n) is 5.69. The lowest BCUT2D eigenvalue weighted by Crippen LogP contribution is -2.19. The SMILES string of the molecule is O=c1c2ccccc2ncn1-c1cc(F)c(F)c(F)c1. The summed E-state index contributed by atoms with van der Waals surface area (Å²) in [4.78, 5) is 16.2. The van der Waals surface area contributed by atoms with E-state index in [1.807, 2.05) is 0 Å². The van der Waals surface area contributed by atoms with E-state index in [2.05, 4.69) is 4.98 Å². The van der Waals surface area contributed by atoms with Gasteiger partial charge in [0, 0.05) is 12.1 Å². The summed E-state index contributed by atoms with van der Waals surface area (Å²) in [6, 6.07) is 8.06. The number of halogens is 3. The van der Waals surface area contributed by atoms with Gasteiger partial charge in [-0.3, -0.25) is 9.36 Å². The summed E-state index contributed by atoms with van der Waals surface area (Å²) < 4.78 is 40.3. The molecule has 1 aromatic heterocycles. The van der Waals surface area contributed by atoms with Gasteiger partial charge in [0.05, 0.1) is 16.6 Å². The van der Waals surface area contributed by atoms with Gasteiger partial charge in [0.25, 0.3) is 5.56 Å². The Kier molecular flexibility index (Phi) is 2.78. The van der Waals surface area contributed by atoms with Crippen LogP contribution < -0.4 is 5.56 Å². The molecule has 0 atom stereocenters. The van der Waals surface area contributed by atoms with Gasteiger partial charge in [-0.25, -0.2) is 18.2 Å². The molecule has 0 saturated heterocycles. The Balaban J connectivity index is 2.30. The van der Waals surface area contributed by atoms with Crippen molar-refractivity contribution in [2.24, 2.45) is 0 Å². The molecule has 0 spiro atoms. The number of hydrogen-bond acceptors (Lipinski definition) is 2. The normalized spacial score (nSPS) is 10.9. The van der Waals surface area contributed by atoms with Gasteiger partial charge in [-0.15, -0.1) is 0 Å². The molecule has 0 aliphatic carbocycles. The zero-order valence-corrected chi connectivity index (χ0v) is 9.98. The molecule has 3 aromatic rings. The predicted octanol–water partition coefficient (Wildman–Crippen LogP) is 2.80. The molecular weight excluding hydrogens is 269 g/mol. The molecule has 0 amide bonds. The van der Waals surface area contributed by atoms with Crippen LogP contribution in [0.2, 0.25) is 0 Å². The highest BCUT2D eigenvalue weighted by Gasteiger charge is 2.13. The second kappa shape index (κ2) is 4.48. The van der Waals surface area contributed by atoms with Crippen molar-refractivity contribution in [2.75, 3.05) is 0 Å². The van der Waals surface area contributed by atoms with E-state index in [1.165, 1.54) is 0 Å². The number of fused-ring (bicyclic) bond motifs is 1. The van der Waals surface area contributed by atoms with Crippen LogP contribution in [-0.4, -0.2) is 9.55 Å². The average Bonchev–Trinajstić information content (AvgIpc) is 2.45. The van der Waals surface area contributed by atoms with E-state index >= 15 is 0 Å². The molecule has 0 aliphatic heterocycles. The van der Waals surface area contributed by atoms with Gasteiger partial charge < -0.3 is 0 Å². The Morgan fingerprint density at radius 2 is 1.65 bits per heavy atom. The van der Waals surface area contributed by atoms with Crippen LogP contribution in [0.1, 0.15) is 0 Å². The van der Waals surface area contributed by atoms with Crippen molar-refractivity contribution in [1.82, 2.24) is 9.55 Å². The van der Waals surface area contributed by atoms with Gasteiger partial charge in [0.1, 0.15) is 6.33 Å². The van der Waals surface area contributed by atoms with Crippen LogP contribution in [0.4, 0.5) is 13.2 Å². The van der Waals surface area contributed by atoms with Crippen LogP contribution in [0, 0.1) is 17.5 Å². The second-order valence-electron chi connectivity index (χ2n) is 4.16. The summed E-state index contributed by atoms with van der Waals surface area (Å²) >= 11 is 0. The largest absolute Gasteiger partial charge is 0.268 e. The zero-order chi connectivity index (χ0) is 14.3. The van der Waals surface area contributed by atoms with Crippen molar-refractivity contribution in [2.45, 2.75) is 0 Å². The molecule has 0 unspecified atom stereocenters. The lowest BCUT2D eigenvalue weighted by molar-refractivity contribution is 0.446. The van der Waals surface area contributed by atoms with Crippen LogP contribution in [0.25, 0.3) is 16.6 Å². The third-order valence-corrected chi connectivity index (χ3v) is 2.91. The smallest absolute Gasteiger partial charge is 0.265 e. The summed E-state index contributed by atoms with van der Waals surface area (Å²) in [7, 11) is 0. The highest BCUT2D eigenvalue weighted by Crippen LogP contribution is 2.16. The van der Waals surface area contributed by atoms with Crippen LogP contribution in [0.5, 0.6) is 0 Å². The van der Waals surface area contributed by atoms with Crippen LogP contribution in [-0.2, 0) is 0 Å². The standard InChI is InChI=1S/C14H7F3N2O/c15-10-5-8(6-11(16)13(10)17)19-7-18-12-4-2-1-3-9(12)14(19)20/h1-7H. The Hall–Kier alpha value is -2.63. The Labute approximate surface area is 110 Å². The fraction of sp³-hybridized carbons (Fsp3) is 0. The molecule has 0 bridgehead atoms. The topological polar surface area (TPSA) is 34.9 Å². The van der Waals surface area contributed by atoms with Crippen molar-refractivity contribution in [3.8, 4) is 5.69 Å². The molecular formula is C14H7F3N2O. The van der Waals surface area contributed by atoms with E-state index in [4.69, 9.17) is 0 Å². The number of hydrogen-bond donors (Lipinski definition) is 0. The van der Waals surface area contributed by atoms with Crippen molar-refractivity contribution in [3.05, 3.63) is 70.5 Å². The molecule has 0 fully saturated rings. The molecule has 0 N–H and O–H groups in total. The molecule has 0 saturated carbocycles. The number of aromatic nitrogens is 2. The maximum absolute atomic E-state index is 13.2. The van der Waals surface area contributed by atoms with E-state index < -0.39 is 23.0 Å². The van der Waals surface area contributed by atoms with Crippen LogP contribution in [0.15, 0.2) is 47.5 Å². The van der Waals surface area contributed by atoms with Crippen LogP contribution >= 0.6 is 0 Å².